The topological polar surface area (TPSA) is 125 Å². The number of methoxy groups -OCH3 is 2. The molecule has 2 aromatic heterocycles. The summed E-state index contributed by atoms with van der Waals surface area (Å²) in [5, 5.41) is 13.5. The highest BCUT2D eigenvalue weighted by molar-refractivity contribution is 5.91. The fraction of sp³-hybridized carbons (Fsp3) is 0.235. The minimum atomic E-state index is -0.441. The van der Waals surface area contributed by atoms with Gasteiger partial charge in [0, 0.05) is 18.7 Å². The molecule has 3 aromatic rings. The summed E-state index contributed by atoms with van der Waals surface area (Å²) in [7, 11) is 3.04. The first kappa shape index (κ1) is 18.9. The molecule has 11 heteroatoms. The van der Waals surface area contributed by atoms with Crippen LogP contribution in [0, 0.1) is 0 Å². The highest BCUT2D eigenvalue weighted by Gasteiger charge is 2.09. The van der Waals surface area contributed by atoms with E-state index in [1.165, 1.54) is 35.2 Å². The van der Waals surface area contributed by atoms with Gasteiger partial charge in [-0.25, -0.2) is 19.1 Å². The molecular formula is C17H19N7O4. The Labute approximate surface area is 159 Å². The molecule has 0 saturated carbocycles. The van der Waals surface area contributed by atoms with E-state index in [0.29, 0.717) is 23.0 Å². The lowest BCUT2D eigenvalue weighted by Gasteiger charge is -2.12. The molecule has 0 aliphatic heterocycles. The van der Waals surface area contributed by atoms with Crippen molar-refractivity contribution in [2.45, 2.75) is 6.54 Å². The molecule has 2 heterocycles. The molecule has 0 atom stereocenters. The third kappa shape index (κ3) is 4.44. The summed E-state index contributed by atoms with van der Waals surface area (Å²) in [6.45, 7) is 0.382. The Hall–Kier alpha value is -3.89. The molecule has 0 saturated heterocycles. The molecule has 0 fully saturated rings. The van der Waals surface area contributed by atoms with Crippen molar-refractivity contribution in [3.63, 3.8) is 0 Å². The van der Waals surface area contributed by atoms with Gasteiger partial charge in [-0.15, -0.1) is 5.10 Å². The van der Waals surface area contributed by atoms with Crippen LogP contribution >= 0.6 is 0 Å². The van der Waals surface area contributed by atoms with Crippen molar-refractivity contribution in [2.75, 3.05) is 26.1 Å². The molecule has 1 aromatic carbocycles. The van der Waals surface area contributed by atoms with Crippen LogP contribution in [0.2, 0.25) is 0 Å². The van der Waals surface area contributed by atoms with Gasteiger partial charge in [-0.2, -0.15) is 5.10 Å². The zero-order chi connectivity index (χ0) is 19.9. The Morgan fingerprint density at radius 2 is 2.04 bits per heavy atom. The van der Waals surface area contributed by atoms with Gasteiger partial charge >= 0.3 is 6.03 Å². The third-order valence-corrected chi connectivity index (χ3v) is 3.77. The molecule has 28 heavy (non-hydrogen) atoms. The summed E-state index contributed by atoms with van der Waals surface area (Å²) >= 11 is 0. The van der Waals surface area contributed by atoms with E-state index in [9.17, 15) is 9.59 Å². The number of urea groups is 1. The second-order valence-electron chi connectivity index (χ2n) is 5.54. The van der Waals surface area contributed by atoms with Crippen LogP contribution in [0.15, 0.2) is 47.8 Å². The van der Waals surface area contributed by atoms with Gasteiger partial charge in [0.05, 0.1) is 26.5 Å². The van der Waals surface area contributed by atoms with Crippen molar-refractivity contribution in [1.82, 2.24) is 29.9 Å². The summed E-state index contributed by atoms with van der Waals surface area (Å²) in [5.74, 6) is 1.53. The van der Waals surface area contributed by atoms with E-state index >= 15 is 0 Å². The summed E-state index contributed by atoms with van der Waals surface area (Å²) < 4.78 is 13.0. The van der Waals surface area contributed by atoms with E-state index in [2.05, 4.69) is 25.8 Å². The molecule has 0 unspecified atom stereocenters. The lowest BCUT2D eigenvalue weighted by atomic mass is 10.2. The van der Waals surface area contributed by atoms with Crippen LogP contribution in [0.4, 0.5) is 10.5 Å². The first-order valence-electron chi connectivity index (χ1n) is 8.31. The highest BCUT2D eigenvalue weighted by atomic mass is 16.5. The van der Waals surface area contributed by atoms with Crippen LogP contribution in [0.25, 0.3) is 5.82 Å². The summed E-state index contributed by atoms with van der Waals surface area (Å²) in [4.78, 5) is 27.9. The van der Waals surface area contributed by atoms with Crippen molar-refractivity contribution in [1.29, 1.82) is 0 Å². The SMILES string of the molecule is COc1ccc(NC(=O)NCCn2nc(-n3cncn3)ccc2=O)c(OC)c1. The number of benzene rings is 1. The maximum atomic E-state index is 12.1. The number of rotatable bonds is 7. The minimum absolute atomic E-state index is 0.189. The number of carbonyl (C=O) groups is 1. The number of ether oxygens (including phenoxy) is 2. The van der Waals surface area contributed by atoms with E-state index in [4.69, 9.17) is 9.47 Å². The number of carbonyl (C=O) groups excluding carboxylic acids is 1. The normalized spacial score (nSPS) is 10.4. The first-order chi connectivity index (χ1) is 13.6. The molecular weight excluding hydrogens is 366 g/mol. The standard InChI is InChI=1S/C17H19N7O4/c1-27-12-3-4-13(14(9-12)28-2)21-17(26)19-7-8-23-16(25)6-5-15(22-23)24-11-18-10-20-24/h3-6,9-11H,7-8H2,1-2H3,(H2,19,21,26). The van der Waals surface area contributed by atoms with E-state index < -0.39 is 6.03 Å². The van der Waals surface area contributed by atoms with Gasteiger partial charge in [0.1, 0.15) is 24.2 Å². The number of amides is 2. The molecule has 0 radical (unpaired) electrons. The highest BCUT2D eigenvalue weighted by Crippen LogP contribution is 2.28. The number of nitrogens with zero attached hydrogens (tertiary/aromatic N) is 5. The lowest BCUT2D eigenvalue weighted by molar-refractivity contribution is 0.251. The van der Waals surface area contributed by atoms with Gasteiger partial charge in [0.25, 0.3) is 5.56 Å². The average molecular weight is 385 g/mol. The minimum Gasteiger partial charge on any atom is -0.497 e. The van der Waals surface area contributed by atoms with Gasteiger partial charge in [0.15, 0.2) is 5.82 Å². The molecule has 3 rings (SSSR count). The molecule has 0 aliphatic carbocycles. The van der Waals surface area contributed by atoms with E-state index in [1.807, 2.05) is 0 Å². The monoisotopic (exact) mass is 385 g/mol. The Morgan fingerprint density at radius 3 is 2.75 bits per heavy atom. The van der Waals surface area contributed by atoms with Crippen LogP contribution < -0.4 is 25.7 Å². The van der Waals surface area contributed by atoms with Crippen LogP contribution in [0.1, 0.15) is 0 Å². The number of nitrogens with one attached hydrogen (secondary N) is 2. The zero-order valence-corrected chi connectivity index (χ0v) is 15.3. The largest absolute Gasteiger partial charge is 0.497 e. The van der Waals surface area contributed by atoms with Crippen LogP contribution in [-0.2, 0) is 6.54 Å². The Morgan fingerprint density at radius 1 is 1.18 bits per heavy atom. The fourth-order valence-corrected chi connectivity index (χ4v) is 2.39. The van der Waals surface area contributed by atoms with Gasteiger partial charge < -0.3 is 20.1 Å². The van der Waals surface area contributed by atoms with Gasteiger partial charge in [-0.05, 0) is 18.2 Å². The Kier molecular flexibility index (Phi) is 5.84. The van der Waals surface area contributed by atoms with Crippen molar-refractivity contribution in [3.8, 4) is 17.3 Å². The molecule has 2 amide bonds. The summed E-state index contributed by atoms with van der Waals surface area (Å²) in [6.07, 6.45) is 2.85. The zero-order valence-electron chi connectivity index (χ0n) is 15.3. The van der Waals surface area contributed by atoms with Crippen LogP contribution in [0.3, 0.4) is 0 Å². The predicted molar refractivity (Wildman–Crippen MR) is 100.0 cm³/mol. The van der Waals surface area contributed by atoms with Crippen LogP contribution in [0.5, 0.6) is 11.5 Å². The second-order valence-corrected chi connectivity index (χ2v) is 5.54. The van der Waals surface area contributed by atoms with Gasteiger partial charge in [-0.1, -0.05) is 0 Å². The molecule has 146 valence electrons. The van der Waals surface area contributed by atoms with E-state index in [-0.39, 0.29) is 18.6 Å². The van der Waals surface area contributed by atoms with Crippen molar-refractivity contribution < 1.29 is 14.3 Å². The summed E-state index contributed by atoms with van der Waals surface area (Å²) in [5.41, 5.74) is 0.201. The summed E-state index contributed by atoms with van der Waals surface area (Å²) in [6, 6.07) is 7.52. The fourth-order valence-electron chi connectivity index (χ4n) is 2.39. The number of hydrogen-bond donors (Lipinski definition) is 2. The average Bonchev–Trinajstić information content (AvgIpc) is 3.24. The molecule has 2 N–H and O–H groups in total. The van der Waals surface area contributed by atoms with E-state index in [0.717, 1.165) is 0 Å². The smallest absolute Gasteiger partial charge is 0.319 e. The van der Waals surface area contributed by atoms with Crippen LogP contribution in [-0.4, -0.2) is 51.3 Å². The molecule has 11 nitrogen and oxygen atoms in total. The maximum absolute atomic E-state index is 12.1. The van der Waals surface area contributed by atoms with E-state index in [1.54, 1.807) is 31.4 Å². The number of anilines is 1. The molecule has 0 bridgehead atoms. The first-order valence-corrected chi connectivity index (χ1v) is 8.31. The van der Waals surface area contributed by atoms with Crippen molar-refractivity contribution in [3.05, 3.63) is 53.3 Å². The quantitative estimate of drug-likeness (QED) is 0.612. The van der Waals surface area contributed by atoms with Crippen molar-refractivity contribution in [2.24, 2.45) is 0 Å². The number of hydrogen-bond acceptors (Lipinski definition) is 7. The lowest BCUT2D eigenvalue weighted by Crippen LogP contribution is -2.34. The Balaban J connectivity index is 1.59. The Bertz CT molecular complexity index is 1000. The second kappa shape index (κ2) is 8.66. The molecule has 0 spiro atoms. The van der Waals surface area contributed by atoms with Gasteiger partial charge in [-0.3, -0.25) is 4.79 Å². The van der Waals surface area contributed by atoms with Gasteiger partial charge in [0.2, 0.25) is 0 Å². The molecule has 0 aliphatic rings. The maximum Gasteiger partial charge on any atom is 0.319 e. The van der Waals surface area contributed by atoms with Crippen molar-refractivity contribution >= 4 is 11.7 Å². The number of aromatic nitrogens is 5. The third-order valence-electron chi connectivity index (χ3n) is 3.77. The predicted octanol–water partition coefficient (Wildman–Crippen LogP) is 0.663.